The third-order valence-electron chi connectivity index (χ3n) is 0.834. The second-order valence-electron chi connectivity index (χ2n) is 1.62. The van der Waals surface area contributed by atoms with Crippen LogP contribution in [0, 0.1) is 6.33 Å². The molecule has 2 N–H and O–H groups in total. The van der Waals surface area contributed by atoms with Gasteiger partial charge in [-0.05, 0) is 0 Å². The minimum absolute atomic E-state index is 0.153. The molecule has 0 bridgehead atoms. The Morgan fingerprint density at radius 2 is 2.67 bits per heavy atom. The number of rotatable bonds is 2. The summed E-state index contributed by atoms with van der Waals surface area (Å²) >= 11 is 0. The zero-order valence-electron chi connectivity index (χ0n) is 4.74. The molecule has 0 unspecified atom stereocenters. The molecule has 0 aliphatic rings. The van der Waals surface area contributed by atoms with Crippen molar-refractivity contribution in [3.63, 3.8) is 0 Å². The summed E-state index contributed by atoms with van der Waals surface area (Å²) in [5, 5.41) is 0. The highest BCUT2D eigenvalue weighted by Gasteiger charge is 1.93. The maximum atomic E-state index is 10.2. The number of primary amides is 1. The first kappa shape index (κ1) is 5.81. The van der Waals surface area contributed by atoms with Gasteiger partial charge in [0.2, 0.25) is 5.91 Å². The molecule has 0 spiro atoms. The van der Waals surface area contributed by atoms with Crippen LogP contribution >= 0.6 is 0 Å². The second-order valence-corrected chi connectivity index (χ2v) is 1.62. The SMILES string of the molecule is NC(=O)Cn1[c]ncc1. The van der Waals surface area contributed by atoms with Gasteiger partial charge in [-0.1, -0.05) is 0 Å². The Labute approximate surface area is 52.3 Å². The number of carbonyl (C=O) groups is 1. The molecular weight excluding hydrogens is 118 g/mol. The molecule has 1 radical (unpaired) electrons. The predicted molar refractivity (Wildman–Crippen MR) is 30.3 cm³/mol. The minimum Gasteiger partial charge on any atom is -0.368 e. The van der Waals surface area contributed by atoms with Gasteiger partial charge in [-0.25, -0.2) is 4.98 Å². The number of nitrogens with zero attached hydrogens (tertiary/aromatic N) is 2. The van der Waals surface area contributed by atoms with Crippen molar-refractivity contribution in [2.75, 3.05) is 0 Å². The lowest BCUT2D eigenvalue weighted by Crippen LogP contribution is -2.17. The molecule has 0 atom stereocenters. The minimum atomic E-state index is -0.385. The van der Waals surface area contributed by atoms with Crippen LogP contribution in [0.1, 0.15) is 0 Å². The largest absolute Gasteiger partial charge is 0.368 e. The van der Waals surface area contributed by atoms with E-state index >= 15 is 0 Å². The van der Waals surface area contributed by atoms with Gasteiger partial charge >= 0.3 is 0 Å². The predicted octanol–water partition coefficient (Wildman–Crippen LogP) is -0.831. The van der Waals surface area contributed by atoms with Crippen molar-refractivity contribution < 1.29 is 4.79 Å². The van der Waals surface area contributed by atoms with E-state index in [0.29, 0.717) is 0 Å². The zero-order valence-corrected chi connectivity index (χ0v) is 4.74. The summed E-state index contributed by atoms with van der Waals surface area (Å²) in [5.74, 6) is -0.385. The third kappa shape index (κ3) is 1.56. The summed E-state index contributed by atoms with van der Waals surface area (Å²) in [6.07, 6.45) is 5.71. The van der Waals surface area contributed by atoms with Gasteiger partial charge in [0, 0.05) is 12.4 Å². The number of hydrogen-bond donors (Lipinski definition) is 1. The van der Waals surface area contributed by atoms with Crippen LogP contribution in [-0.4, -0.2) is 15.5 Å². The summed E-state index contributed by atoms with van der Waals surface area (Å²) in [6.45, 7) is 0.153. The van der Waals surface area contributed by atoms with Crippen molar-refractivity contribution in [2.45, 2.75) is 6.54 Å². The molecule has 4 heteroatoms. The standard InChI is InChI=1S/C5H6N3O/c6-5(9)3-8-2-1-7-4-8/h1-2H,3H2,(H2,6,9). The summed E-state index contributed by atoms with van der Waals surface area (Å²) in [6, 6.07) is 0. The molecule has 0 aromatic carbocycles. The van der Waals surface area contributed by atoms with Gasteiger partial charge in [-0.2, -0.15) is 0 Å². The molecule has 1 aromatic rings. The van der Waals surface area contributed by atoms with Crippen molar-refractivity contribution in [1.82, 2.24) is 9.55 Å². The van der Waals surface area contributed by atoms with Crippen LogP contribution in [0.4, 0.5) is 0 Å². The smallest absolute Gasteiger partial charge is 0.237 e. The Morgan fingerprint density at radius 3 is 3.11 bits per heavy atom. The molecule has 0 aliphatic heterocycles. The van der Waals surface area contributed by atoms with E-state index in [0.717, 1.165) is 0 Å². The highest BCUT2D eigenvalue weighted by atomic mass is 16.1. The Morgan fingerprint density at radius 1 is 1.89 bits per heavy atom. The molecular formula is C5H6N3O. The van der Waals surface area contributed by atoms with Crippen molar-refractivity contribution in [3.8, 4) is 0 Å². The van der Waals surface area contributed by atoms with Gasteiger partial charge in [0.05, 0.1) is 0 Å². The van der Waals surface area contributed by atoms with Crippen LogP contribution in [0.3, 0.4) is 0 Å². The lowest BCUT2D eigenvalue weighted by atomic mass is 10.6. The number of hydrogen-bond acceptors (Lipinski definition) is 2. The molecule has 0 saturated carbocycles. The van der Waals surface area contributed by atoms with E-state index in [1.165, 1.54) is 4.57 Å². The molecule has 1 aromatic heterocycles. The van der Waals surface area contributed by atoms with E-state index in [1.54, 1.807) is 12.4 Å². The summed E-state index contributed by atoms with van der Waals surface area (Å²) < 4.78 is 1.49. The molecule has 1 heterocycles. The van der Waals surface area contributed by atoms with Crippen molar-refractivity contribution in [2.24, 2.45) is 5.73 Å². The summed E-state index contributed by atoms with van der Waals surface area (Å²) in [4.78, 5) is 13.8. The van der Waals surface area contributed by atoms with Crippen molar-refractivity contribution in [1.29, 1.82) is 0 Å². The van der Waals surface area contributed by atoms with Crippen LogP contribution in [0.15, 0.2) is 12.4 Å². The second kappa shape index (κ2) is 2.30. The van der Waals surface area contributed by atoms with Crippen molar-refractivity contribution >= 4 is 5.91 Å². The van der Waals surface area contributed by atoms with Gasteiger partial charge < -0.3 is 10.3 Å². The first-order valence-corrected chi connectivity index (χ1v) is 2.46. The first-order chi connectivity index (χ1) is 4.29. The average molecular weight is 124 g/mol. The number of imidazole rings is 1. The lowest BCUT2D eigenvalue weighted by molar-refractivity contribution is -0.118. The molecule has 1 amide bonds. The van der Waals surface area contributed by atoms with Gasteiger partial charge in [0.1, 0.15) is 6.54 Å². The van der Waals surface area contributed by atoms with Crippen LogP contribution in [-0.2, 0) is 11.3 Å². The zero-order chi connectivity index (χ0) is 6.69. The topological polar surface area (TPSA) is 60.9 Å². The third-order valence-corrected chi connectivity index (χ3v) is 0.834. The van der Waals surface area contributed by atoms with Crippen LogP contribution in [0.5, 0.6) is 0 Å². The molecule has 9 heavy (non-hydrogen) atoms. The van der Waals surface area contributed by atoms with Crippen LogP contribution in [0.2, 0.25) is 0 Å². The molecule has 0 fully saturated rings. The van der Waals surface area contributed by atoms with Gasteiger partial charge in [-0.3, -0.25) is 4.79 Å². The van der Waals surface area contributed by atoms with E-state index in [9.17, 15) is 4.79 Å². The van der Waals surface area contributed by atoms with Crippen LogP contribution < -0.4 is 5.73 Å². The Kier molecular flexibility index (Phi) is 1.48. The fraction of sp³-hybridized carbons (Fsp3) is 0.200. The Balaban J connectivity index is 2.58. The lowest BCUT2D eigenvalue weighted by Gasteiger charge is -1.92. The quantitative estimate of drug-likeness (QED) is 0.559. The number of amides is 1. The molecule has 0 aliphatic carbocycles. The Hall–Kier alpha value is -1.32. The maximum absolute atomic E-state index is 10.2. The average Bonchev–Trinajstić information content (AvgIpc) is 2.15. The van der Waals surface area contributed by atoms with Crippen LogP contribution in [0.25, 0.3) is 0 Å². The number of carbonyl (C=O) groups excluding carboxylic acids is 1. The molecule has 0 saturated heterocycles. The van der Waals surface area contributed by atoms with Gasteiger partial charge in [0.15, 0.2) is 6.33 Å². The normalized spacial score (nSPS) is 9.33. The Bertz CT molecular complexity index is 192. The molecule has 4 nitrogen and oxygen atoms in total. The van der Waals surface area contributed by atoms with E-state index in [1.807, 2.05) is 0 Å². The van der Waals surface area contributed by atoms with E-state index in [2.05, 4.69) is 11.3 Å². The molecule has 47 valence electrons. The van der Waals surface area contributed by atoms with Gasteiger partial charge in [0.25, 0.3) is 0 Å². The highest BCUT2D eigenvalue weighted by Crippen LogP contribution is 1.81. The van der Waals surface area contributed by atoms with Gasteiger partial charge in [-0.15, -0.1) is 0 Å². The first-order valence-electron chi connectivity index (χ1n) is 2.46. The van der Waals surface area contributed by atoms with E-state index in [-0.39, 0.29) is 12.5 Å². The van der Waals surface area contributed by atoms with Crippen molar-refractivity contribution in [3.05, 3.63) is 18.7 Å². The number of aromatic nitrogens is 2. The fourth-order valence-corrected chi connectivity index (χ4v) is 0.511. The summed E-state index contributed by atoms with van der Waals surface area (Å²) in [5.41, 5.74) is 4.88. The van der Waals surface area contributed by atoms with E-state index in [4.69, 9.17) is 5.73 Å². The highest BCUT2D eigenvalue weighted by molar-refractivity contribution is 5.73. The monoisotopic (exact) mass is 124 g/mol. The maximum Gasteiger partial charge on any atom is 0.237 e. The number of nitrogens with two attached hydrogens (primary N) is 1. The molecule has 1 rings (SSSR count). The fourth-order valence-electron chi connectivity index (χ4n) is 0.511. The summed E-state index contributed by atoms with van der Waals surface area (Å²) in [7, 11) is 0. The van der Waals surface area contributed by atoms with E-state index < -0.39 is 0 Å².